The third-order valence-corrected chi connectivity index (χ3v) is 5.10. The highest BCUT2D eigenvalue weighted by Crippen LogP contribution is 2.15. The van der Waals surface area contributed by atoms with Crippen molar-refractivity contribution in [3.8, 4) is 5.75 Å². The fourth-order valence-electron chi connectivity index (χ4n) is 3.38. The summed E-state index contributed by atoms with van der Waals surface area (Å²) >= 11 is 5.96. The molecule has 3 rings (SSSR count). The number of benzene rings is 2. The van der Waals surface area contributed by atoms with Gasteiger partial charge < -0.3 is 9.64 Å². The summed E-state index contributed by atoms with van der Waals surface area (Å²) in [6.45, 7) is 7.03. The largest absolute Gasteiger partial charge is 0.494 e. The maximum Gasteiger partial charge on any atom is 0.227 e. The lowest BCUT2D eigenvalue weighted by molar-refractivity contribution is -0.130. The number of ether oxygens (including phenoxy) is 1. The second kappa shape index (κ2) is 9.77. The molecule has 1 saturated heterocycles. The molecule has 1 aliphatic rings. The van der Waals surface area contributed by atoms with Gasteiger partial charge in [0.2, 0.25) is 5.91 Å². The molecule has 1 heterocycles. The highest BCUT2D eigenvalue weighted by Gasteiger charge is 2.19. The van der Waals surface area contributed by atoms with E-state index in [2.05, 4.69) is 17.0 Å². The summed E-state index contributed by atoms with van der Waals surface area (Å²) < 4.78 is 5.46. The zero-order valence-corrected chi connectivity index (χ0v) is 16.6. The summed E-state index contributed by atoms with van der Waals surface area (Å²) in [5, 5.41) is 0.765. The van der Waals surface area contributed by atoms with Crippen molar-refractivity contribution in [2.75, 3.05) is 32.8 Å². The number of amides is 1. The Hall–Kier alpha value is -2.04. The molecule has 0 atom stereocenters. The van der Waals surface area contributed by atoms with Crippen LogP contribution in [0.25, 0.3) is 0 Å². The van der Waals surface area contributed by atoms with Crippen LogP contribution in [0.4, 0.5) is 0 Å². The average Bonchev–Trinajstić information content (AvgIpc) is 2.91. The lowest BCUT2D eigenvalue weighted by Crippen LogP contribution is -2.36. The Morgan fingerprint density at radius 1 is 0.963 bits per heavy atom. The van der Waals surface area contributed by atoms with Crippen LogP contribution in [0.2, 0.25) is 5.02 Å². The van der Waals surface area contributed by atoms with Crippen molar-refractivity contribution in [2.24, 2.45) is 0 Å². The van der Waals surface area contributed by atoms with Crippen LogP contribution in [0.3, 0.4) is 0 Å². The van der Waals surface area contributed by atoms with E-state index in [9.17, 15) is 4.79 Å². The second-order valence-electron chi connectivity index (χ2n) is 6.89. The number of rotatable bonds is 6. The van der Waals surface area contributed by atoms with E-state index in [0.29, 0.717) is 13.0 Å². The molecular weight excluding hydrogens is 360 g/mol. The van der Waals surface area contributed by atoms with Crippen LogP contribution in [0, 0.1) is 0 Å². The van der Waals surface area contributed by atoms with Crippen LogP contribution in [0.15, 0.2) is 48.5 Å². The Morgan fingerprint density at radius 2 is 1.67 bits per heavy atom. The van der Waals surface area contributed by atoms with Gasteiger partial charge in [0.25, 0.3) is 0 Å². The van der Waals surface area contributed by atoms with Crippen LogP contribution >= 0.6 is 11.6 Å². The van der Waals surface area contributed by atoms with Gasteiger partial charge in [-0.05, 0) is 48.7 Å². The third kappa shape index (κ3) is 5.98. The summed E-state index contributed by atoms with van der Waals surface area (Å²) in [6.07, 6.45) is 1.45. The van der Waals surface area contributed by atoms with Gasteiger partial charge in [-0.15, -0.1) is 0 Å². The monoisotopic (exact) mass is 386 g/mol. The van der Waals surface area contributed by atoms with Crippen molar-refractivity contribution in [3.05, 3.63) is 64.7 Å². The summed E-state index contributed by atoms with van der Waals surface area (Å²) in [4.78, 5) is 17.1. The molecule has 0 aliphatic carbocycles. The van der Waals surface area contributed by atoms with Gasteiger partial charge in [-0.3, -0.25) is 9.69 Å². The molecule has 0 bridgehead atoms. The molecule has 144 valence electrons. The van der Waals surface area contributed by atoms with Crippen molar-refractivity contribution in [1.82, 2.24) is 9.80 Å². The van der Waals surface area contributed by atoms with Crippen molar-refractivity contribution >= 4 is 17.5 Å². The van der Waals surface area contributed by atoms with Gasteiger partial charge in [-0.25, -0.2) is 0 Å². The first kappa shape index (κ1) is 19.7. The molecule has 5 heteroatoms. The van der Waals surface area contributed by atoms with E-state index < -0.39 is 0 Å². The van der Waals surface area contributed by atoms with E-state index in [1.807, 2.05) is 48.2 Å². The van der Waals surface area contributed by atoms with Gasteiger partial charge >= 0.3 is 0 Å². The van der Waals surface area contributed by atoms with E-state index in [0.717, 1.165) is 55.5 Å². The first-order valence-electron chi connectivity index (χ1n) is 9.60. The summed E-state index contributed by atoms with van der Waals surface area (Å²) in [5.41, 5.74) is 2.29. The Kier molecular flexibility index (Phi) is 7.13. The summed E-state index contributed by atoms with van der Waals surface area (Å²) in [7, 11) is 0. The minimum absolute atomic E-state index is 0.201. The average molecular weight is 387 g/mol. The first-order valence-corrected chi connectivity index (χ1v) is 9.98. The zero-order valence-electron chi connectivity index (χ0n) is 15.9. The second-order valence-corrected chi connectivity index (χ2v) is 7.33. The Labute approximate surface area is 166 Å². The third-order valence-electron chi connectivity index (χ3n) is 4.85. The smallest absolute Gasteiger partial charge is 0.227 e. The molecule has 1 amide bonds. The Balaban J connectivity index is 1.50. The molecule has 0 aromatic heterocycles. The van der Waals surface area contributed by atoms with Crippen LogP contribution in [0.5, 0.6) is 5.75 Å². The molecule has 4 nitrogen and oxygen atoms in total. The number of halogens is 1. The van der Waals surface area contributed by atoms with E-state index in [4.69, 9.17) is 16.3 Å². The molecule has 2 aromatic rings. The Morgan fingerprint density at radius 3 is 2.37 bits per heavy atom. The minimum Gasteiger partial charge on any atom is -0.494 e. The summed E-state index contributed by atoms with van der Waals surface area (Å²) in [5.74, 6) is 1.05. The van der Waals surface area contributed by atoms with Gasteiger partial charge in [-0.1, -0.05) is 35.9 Å². The normalized spacial score (nSPS) is 15.4. The highest BCUT2D eigenvalue weighted by molar-refractivity contribution is 6.30. The van der Waals surface area contributed by atoms with Crippen LogP contribution in [0.1, 0.15) is 24.5 Å². The maximum absolute atomic E-state index is 12.7. The van der Waals surface area contributed by atoms with Gasteiger partial charge in [0.15, 0.2) is 0 Å². The molecule has 1 aliphatic heterocycles. The fraction of sp³-hybridized carbons (Fsp3) is 0.409. The van der Waals surface area contributed by atoms with Crippen molar-refractivity contribution < 1.29 is 9.53 Å². The van der Waals surface area contributed by atoms with Gasteiger partial charge in [0, 0.05) is 37.7 Å². The molecule has 2 aromatic carbocycles. The standard InChI is InChI=1S/C22H27ClN2O2/c1-2-27-21-10-6-18(7-11-21)16-22(26)25-13-3-12-24(14-15-25)17-19-4-8-20(23)9-5-19/h4-11H,2-3,12-17H2,1H3. The van der Waals surface area contributed by atoms with E-state index in [1.54, 1.807) is 0 Å². The summed E-state index contributed by atoms with van der Waals surface area (Å²) in [6, 6.07) is 15.8. The highest BCUT2D eigenvalue weighted by atomic mass is 35.5. The molecular formula is C22H27ClN2O2. The SMILES string of the molecule is CCOc1ccc(CC(=O)N2CCCN(Cc3ccc(Cl)cc3)CC2)cc1. The number of carbonyl (C=O) groups is 1. The number of nitrogens with zero attached hydrogens (tertiary/aromatic N) is 2. The van der Waals surface area contributed by atoms with E-state index in [-0.39, 0.29) is 5.91 Å². The van der Waals surface area contributed by atoms with Crippen molar-refractivity contribution in [2.45, 2.75) is 26.3 Å². The number of hydrogen-bond donors (Lipinski definition) is 0. The molecule has 0 spiro atoms. The van der Waals surface area contributed by atoms with Crippen molar-refractivity contribution in [1.29, 1.82) is 0 Å². The molecule has 0 unspecified atom stereocenters. The lowest BCUT2D eigenvalue weighted by Gasteiger charge is -2.22. The van der Waals surface area contributed by atoms with Crippen molar-refractivity contribution in [3.63, 3.8) is 0 Å². The maximum atomic E-state index is 12.7. The molecule has 0 radical (unpaired) electrons. The fourth-order valence-corrected chi connectivity index (χ4v) is 3.51. The minimum atomic E-state index is 0.201. The first-order chi connectivity index (χ1) is 13.1. The van der Waals surface area contributed by atoms with Crippen LogP contribution in [-0.2, 0) is 17.8 Å². The molecule has 27 heavy (non-hydrogen) atoms. The predicted molar refractivity (Wildman–Crippen MR) is 109 cm³/mol. The zero-order chi connectivity index (χ0) is 19.1. The number of carbonyl (C=O) groups excluding carboxylic acids is 1. The lowest BCUT2D eigenvalue weighted by atomic mass is 10.1. The Bertz CT molecular complexity index is 731. The molecule has 0 saturated carbocycles. The topological polar surface area (TPSA) is 32.8 Å². The van der Waals surface area contributed by atoms with E-state index >= 15 is 0 Å². The van der Waals surface area contributed by atoms with Crippen LogP contribution in [-0.4, -0.2) is 48.5 Å². The number of hydrogen-bond acceptors (Lipinski definition) is 3. The van der Waals surface area contributed by atoms with E-state index in [1.165, 1.54) is 5.56 Å². The van der Waals surface area contributed by atoms with Gasteiger partial charge in [-0.2, -0.15) is 0 Å². The van der Waals surface area contributed by atoms with Gasteiger partial charge in [0.05, 0.1) is 13.0 Å². The molecule has 1 fully saturated rings. The molecule has 0 N–H and O–H groups in total. The van der Waals surface area contributed by atoms with Crippen LogP contribution < -0.4 is 4.74 Å². The predicted octanol–water partition coefficient (Wildman–Crippen LogP) is 4.02. The quantitative estimate of drug-likeness (QED) is 0.751. The van der Waals surface area contributed by atoms with Gasteiger partial charge in [0.1, 0.15) is 5.75 Å².